The van der Waals surface area contributed by atoms with Crippen LogP contribution in [0.1, 0.15) is 48.5 Å². The number of hydrazone groups is 1. The normalized spacial score (nSPS) is 10.9. The van der Waals surface area contributed by atoms with E-state index in [1.165, 1.54) is 25.5 Å². The van der Waals surface area contributed by atoms with Gasteiger partial charge in [0.05, 0.1) is 12.8 Å². The molecule has 0 aromatic heterocycles. The first-order valence-electron chi connectivity index (χ1n) is 11.9. The highest BCUT2D eigenvalue weighted by Crippen LogP contribution is 2.22. The Balaban J connectivity index is 1.45. The molecule has 0 saturated carbocycles. The first kappa shape index (κ1) is 27.4. The van der Waals surface area contributed by atoms with E-state index in [4.69, 9.17) is 37.4 Å². The summed E-state index contributed by atoms with van der Waals surface area (Å²) in [6.07, 6.45) is 6.19. The first-order valence-corrected chi connectivity index (χ1v) is 12.7. The van der Waals surface area contributed by atoms with Crippen LogP contribution in [0, 0.1) is 0 Å². The monoisotopic (exact) mass is 528 g/mol. The lowest BCUT2D eigenvalue weighted by Crippen LogP contribution is -2.17. The van der Waals surface area contributed by atoms with Crippen molar-refractivity contribution in [3.05, 3.63) is 87.9 Å². The molecule has 1 amide bonds. The fourth-order valence-electron chi connectivity index (χ4n) is 3.27. The number of benzene rings is 3. The average Bonchev–Trinajstić information content (AvgIpc) is 2.88. The molecule has 0 atom stereocenters. The van der Waals surface area contributed by atoms with Gasteiger partial charge in [-0.1, -0.05) is 55.5 Å². The van der Waals surface area contributed by atoms with Gasteiger partial charge < -0.3 is 14.2 Å². The highest BCUT2D eigenvalue weighted by molar-refractivity contribution is 6.31. The minimum absolute atomic E-state index is 0.313. The number of hydrogen-bond acceptors (Lipinski definition) is 5. The molecule has 1 N–H and O–H groups in total. The molecule has 6 nitrogen and oxygen atoms in total. The maximum absolute atomic E-state index is 12.2. The molecule has 0 spiro atoms. The number of nitrogens with zero attached hydrogens (tertiary/aromatic N) is 1. The van der Waals surface area contributed by atoms with Gasteiger partial charge in [-0.25, -0.2) is 5.43 Å². The Bertz CT molecular complexity index is 1140. The van der Waals surface area contributed by atoms with Crippen LogP contribution in [0.15, 0.2) is 71.8 Å². The van der Waals surface area contributed by atoms with Gasteiger partial charge in [0.15, 0.2) is 0 Å². The van der Waals surface area contributed by atoms with Crippen LogP contribution in [0.2, 0.25) is 10.0 Å². The van der Waals surface area contributed by atoms with E-state index in [9.17, 15) is 4.79 Å². The van der Waals surface area contributed by atoms with Gasteiger partial charge in [0, 0.05) is 21.2 Å². The maximum Gasteiger partial charge on any atom is 0.271 e. The van der Waals surface area contributed by atoms with Gasteiger partial charge in [0.2, 0.25) is 0 Å². The second-order valence-electron chi connectivity index (χ2n) is 7.97. The van der Waals surface area contributed by atoms with Crippen LogP contribution in [0.3, 0.4) is 0 Å². The summed E-state index contributed by atoms with van der Waals surface area (Å²) in [7, 11) is 0. The summed E-state index contributed by atoms with van der Waals surface area (Å²) in [5.41, 5.74) is 3.50. The second-order valence-corrected chi connectivity index (χ2v) is 8.84. The highest BCUT2D eigenvalue weighted by Gasteiger charge is 2.06. The van der Waals surface area contributed by atoms with Crippen molar-refractivity contribution in [1.82, 2.24) is 5.43 Å². The summed E-state index contributed by atoms with van der Waals surface area (Å²) in [5.74, 6) is 1.76. The molecular weight excluding hydrogens is 499 g/mol. The average molecular weight is 529 g/mol. The van der Waals surface area contributed by atoms with Crippen molar-refractivity contribution < 1.29 is 19.0 Å². The first-order chi connectivity index (χ1) is 17.5. The van der Waals surface area contributed by atoms with Gasteiger partial charge in [-0.05, 0) is 67.1 Å². The number of hydrogen-bond donors (Lipinski definition) is 1. The topological polar surface area (TPSA) is 69.2 Å². The van der Waals surface area contributed by atoms with Gasteiger partial charge in [-0.3, -0.25) is 4.79 Å². The number of nitrogens with one attached hydrogen (secondary N) is 1. The molecule has 36 heavy (non-hydrogen) atoms. The van der Waals surface area contributed by atoms with Crippen molar-refractivity contribution in [3.63, 3.8) is 0 Å². The molecule has 0 radical (unpaired) electrons. The zero-order valence-corrected chi connectivity index (χ0v) is 21.7. The SMILES string of the molecule is CCCCCCOc1ccc(OCCOc2ccc(Cl)cc2/C=N\NC(=O)c2cccc(Cl)c2)cc1. The smallest absolute Gasteiger partial charge is 0.271 e. The molecule has 8 heteroatoms. The predicted octanol–water partition coefficient (Wildman–Crippen LogP) is 7.17. The summed E-state index contributed by atoms with van der Waals surface area (Å²) in [4.78, 5) is 12.2. The number of carbonyl (C=O) groups is 1. The molecule has 190 valence electrons. The Morgan fingerprint density at radius 2 is 1.53 bits per heavy atom. The van der Waals surface area contributed by atoms with Crippen LogP contribution in [0.5, 0.6) is 17.2 Å². The molecular formula is C28H30Cl2N2O4. The van der Waals surface area contributed by atoms with Crippen LogP contribution in [-0.2, 0) is 0 Å². The Morgan fingerprint density at radius 1 is 0.833 bits per heavy atom. The van der Waals surface area contributed by atoms with Gasteiger partial charge in [-0.15, -0.1) is 0 Å². The van der Waals surface area contributed by atoms with E-state index in [-0.39, 0.29) is 5.91 Å². The molecule has 0 heterocycles. The Kier molecular flexibility index (Phi) is 11.4. The van der Waals surface area contributed by atoms with Crippen molar-refractivity contribution >= 4 is 35.3 Å². The number of halogens is 2. The Labute approximate surface area is 222 Å². The molecule has 3 rings (SSSR count). The van der Waals surface area contributed by atoms with Gasteiger partial charge in [-0.2, -0.15) is 5.10 Å². The van der Waals surface area contributed by atoms with Crippen molar-refractivity contribution in [2.45, 2.75) is 32.6 Å². The number of unbranched alkanes of at least 4 members (excludes halogenated alkanes) is 3. The lowest BCUT2D eigenvalue weighted by molar-refractivity contribution is 0.0955. The second kappa shape index (κ2) is 15.0. The van der Waals surface area contributed by atoms with Gasteiger partial charge >= 0.3 is 0 Å². The molecule has 0 bridgehead atoms. The molecule has 0 aliphatic carbocycles. The van der Waals surface area contributed by atoms with E-state index >= 15 is 0 Å². The third-order valence-corrected chi connectivity index (χ3v) is 5.60. The van der Waals surface area contributed by atoms with Crippen molar-refractivity contribution in [1.29, 1.82) is 0 Å². The minimum atomic E-state index is -0.375. The summed E-state index contributed by atoms with van der Waals surface area (Å²) in [5, 5.41) is 5.02. The lowest BCUT2D eigenvalue weighted by atomic mass is 10.2. The maximum atomic E-state index is 12.2. The van der Waals surface area contributed by atoms with Crippen LogP contribution < -0.4 is 19.6 Å². The summed E-state index contributed by atoms with van der Waals surface area (Å²) in [6.45, 7) is 3.58. The summed E-state index contributed by atoms with van der Waals surface area (Å²) >= 11 is 12.1. The molecule has 0 aliphatic heterocycles. The molecule has 0 saturated heterocycles. The van der Waals surface area contributed by atoms with Crippen molar-refractivity contribution in [3.8, 4) is 17.2 Å². The molecule has 3 aromatic rings. The minimum Gasteiger partial charge on any atom is -0.494 e. The van der Waals surface area contributed by atoms with E-state index in [1.54, 1.807) is 42.5 Å². The van der Waals surface area contributed by atoms with E-state index in [2.05, 4.69) is 17.5 Å². The predicted molar refractivity (Wildman–Crippen MR) is 145 cm³/mol. The van der Waals surface area contributed by atoms with Crippen LogP contribution in [0.25, 0.3) is 0 Å². The summed E-state index contributed by atoms with van der Waals surface area (Å²) < 4.78 is 17.4. The highest BCUT2D eigenvalue weighted by atomic mass is 35.5. The number of amides is 1. The van der Waals surface area contributed by atoms with Crippen molar-refractivity contribution in [2.24, 2.45) is 5.10 Å². The number of ether oxygens (including phenoxy) is 3. The van der Waals surface area contributed by atoms with E-state index < -0.39 is 0 Å². The molecule has 3 aromatic carbocycles. The number of carbonyl (C=O) groups excluding carboxylic acids is 1. The number of rotatable bonds is 14. The lowest BCUT2D eigenvalue weighted by Gasteiger charge is -2.11. The van der Waals surface area contributed by atoms with E-state index in [0.717, 1.165) is 24.5 Å². The Hall–Kier alpha value is -3.22. The third-order valence-electron chi connectivity index (χ3n) is 5.13. The summed E-state index contributed by atoms with van der Waals surface area (Å²) in [6, 6.07) is 19.3. The van der Waals surface area contributed by atoms with E-state index in [1.807, 2.05) is 24.3 Å². The standard InChI is InChI=1S/C28H30Cl2N2O4/c1-2-3-4-5-15-34-25-10-12-26(13-11-25)35-16-17-36-27-14-9-24(30)19-22(27)20-31-32-28(33)21-7-6-8-23(29)18-21/h6-14,18-20H,2-5,15-17H2,1H3,(H,32,33)/b31-20-. The Morgan fingerprint density at radius 3 is 2.25 bits per heavy atom. The van der Waals surface area contributed by atoms with Crippen LogP contribution >= 0.6 is 23.2 Å². The molecule has 0 unspecified atom stereocenters. The van der Waals surface area contributed by atoms with Gasteiger partial charge in [0.25, 0.3) is 5.91 Å². The fourth-order valence-corrected chi connectivity index (χ4v) is 3.64. The largest absolute Gasteiger partial charge is 0.494 e. The van der Waals surface area contributed by atoms with Gasteiger partial charge in [0.1, 0.15) is 30.5 Å². The molecule has 0 fully saturated rings. The van der Waals surface area contributed by atoms with Crippen LogP contribution in [0.4, 0.5) is 0 Å². The third kappa shape index (κ3) is 9.44. The quantitative estimate of drug-likeness (QED) is 0.137. The molecule has 0 aliphatic rings. The fraction of sp³-hybridized carbons (Fsp3) is 0.286. The zero-order chi connectivity index (χ0) is 25.6. The zero-order valence-electron chi connectivity index (χ0n) is 20.2. The van der Waals surface area contributed by atoms with Crippen LogP contribution in [-0.4, -0.2) is 31.9 Å². The van der Waals surface area contributed by atoms with Crippen molar-refractivity contribution in [2.75, 3.05) is 19.8 Å². The van der Waals surface area contributed by atoms with E-state index in [0.29, 0.717) is 40.1 Å².